The van der Waals surface area contributed by atoms with E-state index in [9.17, 15) is 9.59 Å². The normalized spacial score (nSPS) is 11.6. The second kappa shape index (κ2) is 7.43. The molecule has 1 aromatic rings. The predicted molar refractivity (Wildman–Crippen MR) is 70.6 cm³/mol. The van der Waals surface area contributed by atoms with E-state index in [0.29, 0.717) is 12.0 Å². The fraction of sp³-hybridized carbons (Fsp3) is 0.333. The first-order valence-corrected chi connectivity index (χ1v) is 5.97. The van der Waals surface area contributed by atoms with Gasteiger partial charge in [0.2, 0.25) is 0 Å². The molecule has 0 saturated carbocycles. The van der Waals surface area contributed by atoms with Gasteiger partial charge in [0, 0.05) is 5.56 Å². The zero-order valence-electron chi connectivity index (χ0n) is 10.6. The molecule has 1 atom stereocenters. The molecule has 0 spiro atoms. The largest absolute Gasteiger partial charge is 0.469 e. The van der Waals surface area contributed by atoms with Gasteiger partial charge in [-0.15, -0.1) is 6.58 Å². The van der Waals surface area contributed by atoms with Crippen LogP contribution >= 0.6 is 0 Å². The lowest BCUT2D eigenvalue weighted by Crippen LogP contribution is -2.16. The minimum Gasteiger partial charge on any atom is -0.469 e. The highest BCUT2D eigenvalue weighted by atomic mass is 16.5. The summed E-state index contributed by atoms with van der Waals surface area (Å²) in [6.45, 7) is 3.66. The van der Waals surface area contributed by atoms with E-state index in [1.165, 1.54) is 7.11 Å². The average molecular weight is 246 g/mol. The van der Waals surface area contributed by atoms with Crippen LogP contribution in [0.1, 0.15) is 41.1 Å². The van der Waals surface area contributed by atoms with E-state index >= 15 is 0 Å². The minimum atomic E-state index is -0.378. The molecule has 0 aliphatic carbocycles. The molecule has 0 heterocycles. The summed E-state index contributed by atoms with van der Waals surface area (Å²) in [6.07, 6.45) is 4.94. The Balaban J connectivity index is 2.97. The monoisotopic (exact) mass is 246 g/mol. The standard InChI is InChI=1S/C15H18O3/c1-3-4-5-10-14(15(17)18-2)13-9-7-6-8-12(13)11-16/h3,6-9,11,14H,1,4-5,10H2,2H3. The van der Waals surface area contributed by atoms with Crippen molar-refractivity contribution in [2.45, 2.75) is 25.2 Å². The topological polar surface area (TPSA) is 43.4 Å². The van der Waals surface area contributed by atoms with Crippen molar-refractivity contribution in [3.05, 3.63) is 48.0 Å². The number of hydrogen-bond donors (Lipinski definition) is 0. The Kier molecular flexibility index (Phi) is 5.85. The first kappa shape index (κ1) is 14.2. The summed E-state index contributed by atoms with van der Waals surface area (Å²) < 4.78 is 4.82. The van der Waals surface area contributed by atoms with Crippen molar-refractivity contribution in [3.63, 3.8) is 0 Å². The van der Waals surface area contributed by atoms with Crippen LogP contribution in [0.4, 0.5) is 0 Å². The molecular weight excluding hydrogens is 228 g/mol. The number of allylic oxidation sites excluding steroid dienone is 1. The molecule has 1 aromatic carbocycles. The van der Waals surface area contributed by atoms with E-state index in [4.69, 9.17) is 4.74 Å². The van der Waals surface area contributed by atoms with Gasteiger partial charge in [-0.1, -0.05) is 30.3 Å². The van der Waals surface area contributed by atoms with E-state index in [-0.39, 0.29) is 11.9 Å². The summed E-state index contributed by atoms with van der Waals surface area (Å²) in [4.78, 5) is 22.8. The summed E-state index contributed by atoms with van der Waals surface area (Å²) >= 11 is 0. The number of carbonyl (C=O) groups excluding carboxylic acids is 2. The Hall–Kier alpha value is -1.90. The molecule has 1 unspecified atom stereocenters. The Bertz CT molecular complexity index is 424. The van der Waals surface area contributed by atoms with Crippen LogP contribution in [-0.2, 0) is 9.53 Å². The van der Waals surface area contributed by atoms with Crippen molar-refractivity contribution < 1.29 is 14.3 Å². The lowest BCUT2D eigenvalue weighted by molar-refractivity contribution is -0.142. The van der Waals surface area contributed by atoms with Crippen LogP contribution in [0.25, 0.3) is 0 Å². The van der Waals surface area contributed by atoms with Gasteiger partial charge >= 0.3 is 5.97 Å². The van der Waals surface area contributed by atoms with Crippen LogP contribution in [0.5, 0.6) is 0 Å². The van der Waals surface area contributed by atoms with Gasteiger partial charge in [-0.2, -0.15) is 0 Å². The van der Waals surface area contributed by atoms with Gasteiger partial charge < -0.3 is 4.74 Å². The molecule has 3 heteroatoms. The highest BCUT2D eigenvalue weighted by molar-refractivity contribution is 5.84. The van der Waals surface area contributed by atoms with Gasteiger partial charge in [0.25, 0.3) is 0 Å². The van der Waals surface area contributed by atoms with E-state index in [1.54, 1.807) is 18.2 Å². The summed E-state index contributed by atoms with van der Waals surface area (Å²) in [6, 6.07) is 7.13. The lowest BCUT2D eigenvalue weighted by Gasteiger charge is -2.16. The van der Waals surface area contributed by atoms with Gasteiger partial charge in [0.1, 0.15) is 6.29 Å². The minimum absolute atomic E-state index is 0.298. The zero-order chi connectivity index (χ0) is 13.4. The first-order valence-electron chi connectivity index (χ1n) is 5.97. The summed E-state index contributed by atoms with van der Waals surface area (Å²) in [5.74, 6) is -0.676. The van der Waals surface area contributed by atoms with Crippen LogP contribution in [0, 0.1) is 0 Å². The van der Waals surface area contributed by atoms with Crippen molar-refractivity contribution >= 4 is 12.3 Å². The fourth-order valence-corrected chi connectivity index (χ4v) is 1.94. The van der Waals surface area contributed by atoms with Crippen molar-refractivity contribution in [1.29, 1.82) is 0 Å². The predicted octanol–water partition coefficient (Wildman–Crippen LogP) is 3.11. The molecular formula is C15H18O3. The number of rotatable bonds is 7. The Labute approximate surface area is 107 Å². The van der Waals surface area contributed by atoms with E-state index < -0.39 is 0 Å². The highest BCUT2D eigenvalue weighted by Gasteiger charge is 2.23. The highest BCUT2D eigenvalue weighted by Crippen LogP contribution is 2.26. The fourth-order valence-electron chi connectivity index (χ4n) is 1.94. The first-order chi connectivity index (χ1) is 8.74. The van der Waals surface area contributed by atoms with Crippen LogP contribution in [0.3, 0.4) is 0 Å². The van der Waals surface area contributed by atoms with Crippen LogP contribution in [0.2, 0.25) is 0 Å². The SMILES string of the molecule is C=CCCCC(C(=O)OC)c1ccccc1C=O. The maximum absolute atomic E-state index is 11.8. The number of ether oxygens (including phenoxy) is 1. The van der Waals surface area contributed by atoms with Crippen molar-refractivity contribution in [1.82, 2.24) is 0 Å². The van der Waals surface area contributed by atoms with Crippen molar-refractivity contribution in [3.8, 4) is 0 Å². The summed E-state index contributed by atoms with van der Waals surface area (Å²) in [5, 5.41) is 0. The number of methoxy groups -OCH3 is 1. The Morgan fingerprint density at radius 1 is 1.44 bits per heavy atom. The van der Waals surface area contributed by atoms with E-state index in [2.05, 4.69) is 6.58 Å². The number of aldehydes is 1. The molecule has 0 saturated heterocycles. The van der Waals surface area contributed by atoms with Crippen molar-refractivity contribution in [2.24, 2.45) is 0 Å². The molecule has 0 N–H and O–H groups in total. The molecule has 0 aliphatic heterocycles. The van der Waals surface area contributed by atoms with E-state index in [0.717, 1.165) is 24.7 Å². The zero-order valence-corrected chi connectivity index (χ0v) is 10.6. The summed E-state index contributed by atoms with van der Waals surface area (Å²) in [7, 11) is 1.37. The third-order valence-corrected chi connectivity index (χ3v) is 2.89. The molecule has 0 aromatic heterocycles. The van der Waals surface area contributed by atoms with Crippen LogP contribution in [0.15, 0.2) is 36.9 Å². The maximum Gasteiger partial charge on any atom is 0.313 e. The van der Waals surface area contributed by atoms with Crippen LogP contribution < -0.4 is 0 Å². The molecule has 0 amide bonds. The lowest BCUT2D eigenvalue weighted by atomic mass is 9.90. The molecule has 96 valence electrons. The maximum atomic E-state index is 11.8. The number of carbonyl (C=O) groups is 2. The molecule has 3 nitrogen and oxygen atoms in total. The molecule has 0 aliphatic rings. The number of hydrogen-bond acceptors (Lipinski definition) is 3. The van der Waals surface area contributed by atoms with Gasteiger partial charge in [-0.05, 0) is 24.8 Å². The molecule has 0 fully saturated rings. The second-order valence-electron chi connectivity index (χ2n) is 4.04. The average Bonchev–Trinajstić information content (AvgIpc) is 2.43. The quantitative estimate of drug-likeness (QED) is 0.321. The van der Waals surface area contributed by atoms with Gasteiger partial charge in [-0.3, -0.25) is 9.59 Å². The van der Waals surface area contributed by atoms with E-state index in [1.807, 2.05) is 12.1 Å². The molecule has 1 rings (SSSR count). The van der Waals surface area contributed by atoms with Crippen LogP contribution in [-0.4, -0.2) is 19.4 Å². The molecule has 18 heavy (non-hydrogen) atoms. The third kappa shape index (κ3) is 3.55. The second-order valence-corrected chi connectivity index (χ2v) is 4.04. The number of unbranched alkanes of at least 4 members (excludes halogenated alkanes) is 1. The van der Waals surface area contributed by atoms with Gasteiger partial charge in [0.15, 0.2) is 0 Å². The number of esters is 1. The third-order valence-electron chi connectivity index (χ3n) is 2.89. The van der Waals surface area contributed by atoms with Crippen molar-refractivity contribution in [2.75, 3.05) is 7.11 Å². The molecule has 0 bridgehead atoms. The Morgan fingerprint density at radius 3 is 2.78 bits per heavy atom. The molecule has 0 radical (unpaired) electrons. The summed E-state index contributed by atoms with van der Waals surface area (Å²) in [5.41, 5.74) is 1.29. The smallest absolute Gasteiger partial charge is 0.313 e. The number of benzene rings is 1. The van der Waals surface area contributed by atoms with Gasteiger partial charge in [-0.25, -0.2) is 0 Å². The Morgan fingerprint density at radius 2 is 2.17 bits per heavy atom. The van der Waals surface area contributed by atoms with Gasteiger partial charge in [0.05, 0.1) is 13.0 Å².